The first-order chi connectivity index (χ1) is 7.11. The fourth-order valence-electron chi connectivity index (χ4n) is 2.18. The van der Waals surface area contributed by atoms with Crippen molar-refractivity contribution >= 4 is 0 Å². The fourth-order valence-corrected chi connectivity index (χ4v) is 2.18. The van der Waals surface area contributed by atoms with Gasteiger partial charge in [-0.3, -0.25) is 10.1 Å². The van der Waals surface area contributed by atoms with E-state index in [1.165, 1.54) is 25.7 Å². The van der Waals surface area contributed by atoms with E-state index >= 15 is 0 Å². The van der Waals surface area contributed by atoms with Crippen molar-refractivity contribution in [3.05, 3.63) is 21.9 Å². The third kappa shape index (κ3) is 4.02. The highest BCUT2D eigenvalue weighted by molar-refractivity contribution is 4.98. The molecule has 0 saturated heterocycles. The molecule has 0 aromatic heterocycles. The molecule has 3 heteroatoms. The maximum atomic E-state index is 10.8. The molecule has 0 aliphatic heterocycles. The molecule has 0 heterocycles. The van der Waals surface area contributed by atoms with E-state index in [1.807, 2.05) is 19.9 Å². The Morgan fingerprint density at radius 1 is 1.27 bits per heavy atom. The second-order valence-electron chi connectivity index (χ2n) is 4.75. The fraction of sp³-hybridized carbons (Fsp3) is 0.833. The van der Waals surface area contributed by atoms with Crippen molar-refractivity contribution in [2.24, 2.45) is 11.8 Å². The first-order valence-electron chi connectivity index (χ1n) is 5.97. The summed E-state index contributed by atoms with van der Waals surface area (Å²) in [5.41, 5.74) is 0.405. The Morgan fingerprint density at radius 3 is 2.20 bits per heavy atom. The number of allylic oxidation sites excluding steroid dienone is 2. The highest BCUT2D eigenvalue weighted by atomic mass is 16.6. The third-order valence-electron chi connectivity index (χ3n) is 3.11. The molecule has 1 aliphatic carbocycles. The predicted octanol–water partition coefficient (Wildman–Crippen LogP) is 3.77. The molecular formula is C12H21NO2. The average molecular weight is 211 g/mol. The summed E-state index contributed by atoms with van der Waals surface area (Å²) in [6.45, 7) is 3.79. The van der Waals surface area contributed by atoms with Gasteiger partial charge in [-0.05, 0) is 24.8 Å². The van der Waals surface area contributed by atoms with Crippen molar-refractivity contribution in [2.45, 2.75) is 52.4 Å². The Labute approximate surface area is 91.7 Å². The zero-order valence-electron chi connectivity index (χ0n) is 9.74. The Morgan fingerprint density at radius 2 is 1.80 bits per heavy atom. The van der Waals surface area contributed by atoms with Crippen LogP contribution in [-0.4, -0.2) is 4.92 Å². The molecule has 1 fully saturated rings. The van der Waals surface area contributed by atoms with Crippen molar-refractivity contribution in [2.75, 3.05) is 0 Å². The van der Waals surface area contributed by atoms with Gasteiger partial charge in [-0.2, -0.15) is 0 Å². The van der Waals surface area contributed by atoms with Gasteiger partial charge in [-0.25, -0.2) is 0 Å². The minimum absolute atomic E-state index is 0.0308. The summed E-state index contributed by atoms with van der Waals surface area (Å²) in [4.78, 5) is 10.6. The summed E-state index contributed by atoms with van der Waals surface area (Å²) >= 11 is 0. The Balaban J connectivity index is 2.67. The van der Waals surface area contributed by atoms with Crippen LogP contribution in [0.4, 0.5) is 0 Å². The van der Waals surface area contributed by atoms with Crippen LogP contribution in [-0.2, 0) is 0 Å². The van der Waals surface area contributed by atoms with Gasteiger partial charge in [0.1, 0.15) is 0 Å². The molecule has 1 aliphatic rings. The van der Waals surface area contributed by atoms with Crippen LogP contribution >= 0.6 is 0 Å². The van der Waals surface area contributed by atoms with Gasteiger partial charge in [0, 0.05) is 5.92 Å². The number of nitrogens with zero attached hydrogens (tertiary/aromatic N) is 1. The van der Waals surface area contributed by atoms with Gasteiger partial charge in [0.05, 0.1) is 4.92 Å². The summed E-state index contributed by atoms with van der Waals surface area (Å²) in [6, 6.07) is 0. The van der Waals surface area contributed by atoms with Gasteiger partial charge in [0.15, 0.2) is 0 Å². The normalized spacial score (nSPS) is 20.3. The highest BCUT2D eigenvalue weighted by Crippen LogP contribution is 2.26. The van der Waals surface area contributed by atoms with Crippen LogP contribution in [0, 0.1) is 22.0 Å². The van der Waals surface area contributed by atoms with E-state index in [9.17, 15) is 10.1 Å². The zero-order chi connectivity index (χ0) is 11.3. The largest absolute Gasteiger partial charge is 0.259 e. The van der Waals surface area contributed by atoms with Crippen molar-refractivity contribution in [3.8, 4) is 0 Å². The molecule has 0 aromatic carbocycles. The minimum atomic E-state index is -0.213. The van der Waals surface area contributed by atoms with Crippen LogP contribution in [0.15, 0.2) is 11.8 Å². The van der Waals surface area contributed by atoms with Gasteiger partial charge in [-0.15, -0.1) is 0 Å². The van der Waals surface area contributed by atoms with Crippen LogP contribution in [0.5, 0.6) is 0 Å². The number of rotatable bonds is 3. The zero-order valence-corrected chi connectivity index (χ0v) is 9.74. The van der Waals surface area contributed by atoms with E-state index in [0.29, 0.717) is 11.6 Å². The molecule has 0 amide bonds. The molecule has 3 nitrogen and oxygen atoms in total. The maximum Gasteiger partial charge on any atom is 0.245 e. The summed E-state index contributed by atoms with van der Waals surface area (Å²) in [5, 5.41) is 10.8. The van der Waals surface area contributed by atoms with Gasteiger partial charge >= 0.3 is 0 Å². The molecule has 15 heavy (non-hydrogen) atoms. The van der Waals surface area contributed by atoms with E-state index < -0.39 is 0 Å². The summed E-state index contributed by atoms with van der Waals surface area (Å²) in [7, 11) is 0. The van der Waals surface area contributed by atoms with Gasteiger partial charge in [-0.1, -0.05) is 39.5 Å². The summed E-state index contributed by atoms with van der Waals surface area (Å²) in [6.07, 6.45) is 9.21. The Hall–Kier alpha value is -0.860. The molecule has 0 bridgehead atoms. The number of hydrogen-bond acceptors (Lipinski definition) is 2. The molecule has 0 radical (unpaired) electrons. The predicted molar refractivity (Wildman–Crippen MR) is 61.1 cm³/mol. The molecule has 0 spiro atoms. The molecule has 1 rings (SSSR count). The smallest absolute Gasteiger partial charge is 0.245 e. The minimum Gasteiger partial charge on any atom is -0.259 e. The molecular weight excluding hydrogens is 190 g/mol. The van der Waals surface area contributed by atoms with Crippen molar-refractivity contribution in [1.82, 2.24) is 0 Å². The maximum absolute atomic E-state index is 10.8. The Bertz CT molecular complexity index is 238. The topological polar surface area (TPSA) is 43.1 Å². The van der Waals surface area contributed by atoms with E-state index in [0.717, 1.165) is 12.8 Å². The van der Waals surface area contributed by atoms with Crippen molar-refractivity contribution < 1.29 is 4.92 Å². The van der Waals surface area contributed by atoms with Gasteiger partial charge in [0.2, 0.25) is 5.70 Å². The van der Waals surface area contributed by atoms with Crippen molar-refractivity contribution in [3.63, 3.8) is 0 Å². The van der Waals surface area contributed by atoms with Crippen LogP contribution in [0.1, 0.15) is 52.4 Å². The average Bonchev–Trinajstić information content (AvgIpc) is 2.41. The van der Waals surface area contributed by atoms with E-state index in [4.69, 9.17) is 0 Å². The lowest BCUT2D eigenvalue weighted by molar-refractivity contribution is -0.433. The van der Waals surface area contributed by atoms with Crippen molar-refractivity contribution in [1.29, 1.82) is 0 Å². The van der Waals surface area contributed by atoms with Crippen LogP contribution < -0.4 is 0 Å². The lowest BCUT2D eigenvalue weighted by Crippen LogP contribution is -2.08. The first-order valence-corrected chi connectivity index (χ1v) is 5.97. The Kier molecular flexibility index (Phi) is 4.79. The van der Waals surface area contributed by atoms with Crippen LogP contribution in [0.3, 0.4) is 0 Å². The van der Waals surface area contributed by atoms with E-state index in [1.54, 1.807) is 0 Å². The summed E-state index contributed by atoms with van der Waals surface area (Å²) < 4.78 is 0. The van der Waals surface area contributed by atoms with Gasteiger partial charge in [0.25, 0.3) is 0 Å². The lowest BCUT2D eigenvalue weighted by Gasteiger charge is -2.09. The second kappa shape index (κ2) is 5.89. The standard InChI is InChI=1S/C12H21NO2/c1-10(2)12(13(14)15)9-11-7-5-3-4-6-8-11/h9-11H,3-8H2,1-2H3/b12-9+. The summed E-state index contributed by atoms with van der Waals surface area (Å²) in [5.74, 6) is 0.471. The quantitative estimate of drug-likeness (QED) is 0.405. The van der Waals surface area contributed by atoms with E-state index in [-0.39, 0.29) is 10.8 Å². The number of nitro groups is 1. The second-order valence-corrected chi connectivity index (χ2v) is 4.75. The molecule has 0 unspecified atom stereocenters. The van der Waals surface area contributed by atoms with Crippen LogP contribution in [0.25, 0.3) is 0 Å². The molecule has 0 atom stereocenters. The molecule has 1 saturated carbocycles. The lowest BCUT2D eigenvalue weighted by atomic mass is 9.96. The first kappa shape index (κ1) is 12.2. The molecule has 0 aromatic rings. The van der Waals surface area contributed by atoms with Crippen LogP contribution in [0.2, 0.25) is 0 Å². The SMILES string of the molecule is CC(C)/C(=C\C1CCCCCC1)[N+](=O)[O-]. The molecule has 0 N–H and O–H groups in total. The molecule has 86 valence electrons. The van der Waals surface area contributed by atoms with Gasteiger partial charge < -0.3 is 0 Å². The monoisotopic (exact) mass is 211 g/mol. The number of hydrogen-bond donors (Lipinski definition) is 0. The highest BCUT2D eigenvalue weighted by Gasteiger charge is 2.19. The van der Waals surface area contributed by atoms with E-state index in [2.05, 4.69) is 0 Å². The third-order valence-corrected chi connectivity index (χ3v) is 3.11.